The summed E-state index contributed by atoms with van der Waals surface area (Å²) in [6, 6.07) is 18.1. The minimum atomic E-state index is -0.0654. The third kappa shape index (κ3) is 5.40. The Hall–Kier alpha value is -2.96. The van der Waals surface area contributed by atoms with E-state index in [2.05, 4.69) is 51.5 Å². The van der Waals surface area contributed by atoms with Crippen molar-refractivity contribution in [2.45, 2.75) is 26.9 Å². The molecule has 0 saturated carbocycles. The van der Waals surface area contributed by atoms with Crippen LogP contribution in [0, 0.1) is 13.8 Å². The van der Waals surface area contributed by atoms with E-state index in [4.69, 9.17) is 0 Å². The van der Waals surface area contributed by atoms with Crippen molar-refractivity contribution in [3.05, 3.63) is 82.7 Å². The second-order valence-electron chi connectivity index (χ2n) is 8.47. The molecule has 0 unspecified atom stereocenters. The van der Waals surface area contributed by atoms with E-state index in [1.165, 1.54) is 5.56 Å². The van der Waals surface area contributed by atoms with Crippen LogP contribution in [0.1, 0.15) is 32.9 Å². The van der Waals surface area contributed by atoms with Crippen LogP contribution in [-0.4, -0.2) is 58.7 Å². The summed E-state index contributed by atoms with van der Waals surface area (Å²) in [5.41, 5.74) is 6.09. The Bertz CT molecular complexity index is 1030. The molecular weight excluding hydrogens is 386 g/mol. The molecule has 0 bridgehead atoms. The van der Waals surface area contributed by atoms with Gasteiger partial charge in [-0.05, 0) is 62.4 Å². The molecule has 6 nitrogen and oxygen atoms in total. The fourth-order valence-corrected chi connectivity index (χ4v) is 4.03. The second-order valence-corrected chi connectivity index (χ2v) is 8.47. The molecule has 1 saturated heterocycles. The molecule has 0 radical (unpaired) electrons. The molecular formula is C25H31N5O. The quantitative estimate of drug-likeness (QED) is 0.669. The molecule has 6 heteroatoms. The number of benzene rings is 2. The van der Waals surface area contributed by atoms with Crippen molar-refractivity contribution in [2.75, 3.05) is 33.2 Å². The van der Waals surface area contributed by atoms with E-state index < -0.39 is 0 Å². The lowest BCUT2D eigenvalue weighted by Crippen LogP contribution is -2.43. The van der Waals surface area contributed by atoms with Gasteiger partial charge in [-0.25, -0.2) is 4.68 Å². The predicted molar refractivity (Wildman–Crippen MR) is 123 cm³/mol. The number of likely N-dealkylation sites (N-methyl/N-ethyl adjacent to an activating group) is 1. The number of nitrogens with zero attached hydrogens (tertiary/aromatic N) is 4. The van der Waals surface area contributed by atoms with Crippen molar-refractivity contribution < 1.29 is 4.79 Å². The van der Waals surface area contributed by atoms with Gasteiger partial charge in [-0.15, -0.1) is 0 Å². The number of hydrogen-bond acceptors (Lipinski definition) is 4. The van der Waals surface area contributed by atoms with E-state index in [-0.39, 0.29) is 5.91 Å². The summed E-state index contributed by atoms with van der Waals surface area (Å²) in [6.45, 7) is 9.93. The average Bonchev–Trinajstić information content (AvgIpc) is 3.12. The zero-order valence-electron chi connectivity index (χ0n) is 18.6. The smallest absolute Gasteiger partial charge is 0.251 e. The zero-order valence-corrected chi connectivity index (χ0v) is 18.6. The summed E-state index contributed by atoms with van der Waals surface area (Å²) < 4.78 is 1.89. The Labute approximate surface area is 184 Å². The molecule has 1 fully saturated rings. The Morgan fingerprint density at radius 3 is 2.35 bits per heavy atom. The van der Waals surface area contributed by atoms with Crippen molar-refractivity contribution in [3.8, 4) is 5.69 Å². The maximum absolute atomic E-state index is 12.6. The topological polar surface area (TPSA) is 53.4 Å². The van der Waals surface area contributed by atoms with E-state index in [0.717, 1.165) is 55.4 Å². The van der Waals surface area contributed by atoms with Crippen LogP contribution in [0.3, 0.4) is 0 Å². The molecule has 1 amide bonds. The summed E-state index contributed by atoms with van der Waals surface area (Å²) in [4.78, 5) is 17.5. The van der Waals surface area contributed by atoms with Crippen molar-refractivity contribution in [3.63, 3.8) is 0 Å². The van der Waals surface area contributed by atoms with Gasteiger partial charge in [-0.2, -0.15) is 5.10 Å². The lowest BCUT2D eigenvalue weighted by atomic mass is 10.1. The number of aromatic nitrogens is 2. The Morgan fingerprint density at radius 1 is 0.968 bits per heavy atom. The summed E-state index contributed by atoms with van der Waals surface area (Å²) in [5, 5.41) is 7.54. The maximum atomic E-state index is 12.6. The van der Waals surface area contributed by atoms with Crippen LogP contribution in [0.2, 0.25) is 0 Å². The fraction of sp³-hybridized carbons (Fsp3) is 0.360. The number of rotatable bonds is 6. The second kappa shape index (κ2) is 9.45. The van der Waals surface area contributed by atoms with Gasteiger partial charge in [-0.1, -0.05) is 24.3 Å². The number of hydrogen-bond donors (Lipinski definition) is 1. The highest BCUT2D eigenvalue weighted by atomic mass is 16.1. The van der Waals surface area contributed by atoms with E-state index in [1.807, 2.05) is 48.9 Å². The molecule has 1 N–H and O–H groups in total. The molecule has 1 aliphatic heterocycles. The van der Waals surface area contributed by atoms with Gasteiger partial charge < -0.3 is 10.2 Å². The van der Waals surface area contributed by atoms with Crippen molar-refractivity contribution in [2.24, 2.45) is 0 Å². The first kappa shape index (κ1) is 21.3. The van der Waals surface area contributed by atoms with Gasteiger partial charge in [0.1, 0.15) is 0 Å². The first-order valence-electron chi connectivity index (χ1n) is 10.9. The van der Waals surface area contributed by atoms with Gasteiger partial charge in [0.15, 0.2) is 0 Å². The Balaban J connectivity index is 1.34. The van der Waals surface area contributed by atoms with Crippen molar-refractivity contribution >= 4 is 5.91 Å². The van der Waals surface area contributed by atoms with Crippen LogP contribution in [0.15, 0.2) is 54.6 Å². The van der Waals surface area contributed by atoms with Crippen LogP contribution < -0.4 is 5.32 Å². The predicted octanol–water partition coefficient (Wildman–Crippen LogP) is 3.17. The first-order chi connectivity index (χ1) is 15.0. The van der Waals surface area contributed by atoms with Gasteiger partial charge in [0, 0.05) is 50.5 Å². The molecule has 3 aromatic rings. The number of amides is 1. The number of piperazine rings is 1. The summed E-state index contributed by atoms with van der Waals surface area (Å²) in [5.74, 6) is -0.0654. The van der Waals surface area contributed by atoms with Gasteiger partial charge in [0.05, 0.1) is 11.4 Å². The minimum absolute atomic E-state index is 0.0654. The van der Waals surface area contributed by atoms with E-state index >= 15 is 0 Å². The normalized spacial score (nSPS) is 15.2. The molecule has 1 aromatic heterocycles. The fourth-order valence-electron chi connectivity index (χ4n) is 4.03. The summed E-state index contributed by atoms with van der Waals surface area (Å²) >= 11 is 0. The van der Waals surface area contributed by atoms with Crippen molar-refractivity contribution in [1.29, 1.82) is 0 Å². The van der Waals surface area contributed by atoms with Crippen LogP contribution in [-0.2, 0) is 13.1 Å². The standard InChI is InChI=1S/C25H31N5O/c1-19-15-20(2)30(27-19)24-9-7-23(8-10-24)25(31)26-17-21-5-4-6-22(16-21)18-29-13-11-28(3)12-14-29/h4-10,15-16H,11-14,17-18H2,1-3H3,(H,26,31). The van der Waals surface area contributed by atoms with Crippen molar-refractivity contribution in [1.82, 2.24) is 24.9 Å². The highest BCUT2D eigenvalue weighted by Crippen LogP contribution is 2.14. The molecule has 4 rings (SSSR count). The molecule has 162 valence electrons. The number of carbonyl (C=O) groups excluding carboxylic acids is 1. The lowest BCUT2D eigenvalue weighted by molar-refractivity contribution is 0.0951. The maximum Gasteiger partial charge on any atom is 0.251 e. The molecule has 0 aliphatic carbocycles. The van der Waals surface area contributed by atoms with Gasteiger partial charge in [-0.3, -0.25) is 9.69 Å². The highest BCUT2D eigenvalue weighted by molar-refractivity contribution is 5.94. The van der Waals surface area contributed by atoms with E-state index in [9.17, 15) is 4.79 Å². The SMILES string of the molecule is Cc1cc(C)n(-c2ccc(C(=O)NCc3cccc(CN4CCN(C)CC4)c3)cc2)n1. The highest BCUT2D eigenvalue weighted by Gasteiger charge is 2.14. The first-order valence-corrected chi connectivity index (χ1v) is 10.9. The van der Waals surface area contributed by atoms with E-state index in [1.54, 1.807) is 0 Å². The number of nitrogens with one attached hydrogen (secondary N) is 1. The minimum Gasteiger partial charge on any atom is -0.348 e. The molecule has 0 atom stereocenters. The Morgan fingerprint density at radius 2 is 1.68 bits per heavy atom. The van der Waals surface area contributed by atoms with Crippen LogP contribution >= 0.6 is 0 Å². The lowest BCUT2D eigenvalue weighted by Gasteiger charge is -2.32. The van der Waals surface area contributed by atoms with Gasteiger partial charge in [0.2, 0.25) is 0 Å². The molecule has 2 heterocycles. The number of aryl methyl sites for hydroxylation is 2. The molecule has 1 aliphatic rings. The van der Waals surface area contributed by atoms with Crippen LogP contribution in [0.4, 0.5) is 0 Å². The molecule has 2 aromatic carbocycles. The third-order valence-corrected chi connectivity index (χ3v) is 5.83. The summed E-state index contributed by atoms with van der Waals surface area (Å²) in [6.07, 6.45) is 0. The number of carbonyl (C=O) groups is 1. The molecule has 31 heavy (non-hydrogen) atoms. The van der Waals surface area contributed by atoms with E-state index in [0.29, 0.717) is 12.1 Å². The Kier molecular flexibility index (Phi) is 6.49. The third-order valence-electron chi connectivity index (χ3n) is 5.83. The largest absolute Gasteiger partial charge is 0.348 e. The van der Waals surface area contributed by atoms with Crippen LogP contribution in [0.5, 0.6) is 0 Å². The monoisotopic (exact) mass is 417 g/mol. The average molecular weight is 418 g/mol. The summed E-state index contributed by atoms with van der Waals surface area (Å²) in [7, 11) is 2.17. The van der Waals surface area contributed by atoms with Gasteiger partial charge >= 0.3 is 0 Å². The van der Waals surface area contributed by atoms with Crippen LogP contribution in [0.25, 0.3) is 5.69 Å². The zero-order chi connectivity index (χ0) is 21.8. The molecule has 0 spiro atoms. The van der Waals surface area contributed by atoms with Gasteiger partial charge in [0.25, 0.3) is 5.91 Å².